The topological polar surface area (TPSA) is 64.4 Å². The van der Waals surface area contributed by atoms with Crippen molar-refractivity contribution in [2.75, 3.05) is 7.11 Å². The largest absolute Gasteiger partial charge is 0.497 e. The minimum absolute atomic E-state index is 0.152. The van der Waals surface area contributed by atoms with Gasteiger partial charge in [-0.15, -0.1) is 0 Å². The van der Waals surface area contributed by atoms with Crippen molar-refractivity contribution < 1.29 is 14.1 Å². The molecule has 1 N–H and O–H groups in total. The number of carbonyl (C=O) groups excluding carboxylic acids is 1. The third kappa shape index (κ3) is 3.60. The van der Waals surface area contributed by atoms with Crippen molar-refractivity contribution in [1.29, 1.82) is 0 Å². The van der Waals surface area contributed by atoms with Gasteiger partial charge in [0.2, 0.25) is 0 Å². The number of aromatic nitrogens is 1. The number of rotatable bonds is 5. The molecule has 0 aliphatic rings. The van der Waals surface area contributed by atoms with E-state index >= 15 is 0 Å². The number of ether oxygens (including phenoxy) is 1. The molecular formula is C23H20N2O3. The van der Waals surface area contributed by atoms with Crippen LogP contribution in [-0.2, 0) is 6.54 Å². The van der Waals surface area contributed by atoms with Gasteiger partial charge in [-0.25, -0.2) is 0 Å². The molecule has 4 rings (SSSR count). The Kier molecular flexibility index (Phi) is 4.81. The molecule has 1 heterocycles. The van der Waals surface area contributed by atoms with E-state index in [9.17, 15) is 4.79 Å². The second-order valence-electron chi connectivity index (χ2n) is 6.64. The Labute approximate surface area is 162 Å². The Morgan fingerprint density at radius 1 is 1.07 bits per heavy atom. The van der Waals surface area contributed by atoms with Crippen LogP contribution in [0.1, 0.15) is 21.5 Å². The molecule has 0 bridgehead atoms. The van der Waals surface area contributed by atoms with E-state index in [-0.39, 0.29) is 5.91 Å². The molecule has 0 saturated heterocycles. The highest BCUT2D eigenvalue weighted by atomic mass is 16.5. The number of hydrogen-bond acceptors (Lipinski definition) is 4. The van der Waals surface area contributed by atoms with E-state index in [0.717, 1.165) is 27.8 Å². The van der Waals surface area contributed by atoms with Gasteiger partial charge in [0.15, 0.2) is 5.76 Å². The summed E-state index contributed by atoms with van der Waals surface area (Å²) in [6.45, 7) is 2.45. The summed E-state index contributed by atoms with van der Waals surface area (Å²) in [6, 6.07) is 21.0. The second kappa shape index (κ2) is 7.56. The van der Waals surface area contributed by atoms with E-state index in [1.807, 2.05) is 61.5 Å². The molecule has 28 heavy (non-hydrogen) atoms. The molecule has 140 valence electrons. The third-order valence-electron chi connectivity index (χ3n) is 4.64. The molecular weight excluding hydrogens is 352 g/mol. The first-order valence-electron chi connectivity index (χ1n) is 9.01. The number of nitrogens with zero attached hydrogens (tertiary/aromatic N) is 1. The highest BCUT2D eigenvalue weighted by Crippen LogP contribution is 2.29. The maximum Gasteiger partial charge on any atom is 0.251 e. The highest BCUT2D eigenvalue weighted by molar-refractivity contribution is 6.00. The molecule has 1 aromatic heterocycles. The molecule has 0 spiro atoms. The summed E-state index contributed by atoms with van der Waals surface area (Å²) in [4.78, 5) is 12.6. The zero-order valence-electron chi connectivity index (χ0n) is 15.7. The number of hydrogen-bond donors (Lipinski definition) is 1. The summed E-state index contributed by atoms with van der Waals surface area (Å²) in [6.07, 6.45) is 0. The lowest BCUT2D eigenvalue weighted by Gasteiger charge is -2.07. The predicted octanol–water partition coefficient (Wildman–Crippen LogP) is 4.74. The number of fused-ring (bicyclic) bond motifs is 1. The van der Waals surface area contributed by atoms with E-state index in [0.29, 0.717) is 17.9 Å². The summed E-state index contributed by atoms with van der Waals surface area (Å²) in [5, 5.41) is 7.87. The van der Waals surface area contributed by atoms with Gasteiger partial charge in [-0.1, -0.05) is 47.1 Å². The van der Waals surface area contributed by atoms with Gasteiger partial charge in [0, 0.05) is 17.7 Å². The van der Waals surface area contributed by atoms with Crippen LogP contribution in [0.5, 0.6) is 5.75 Å². The fourth-order valence-electron chi connectivity index (χ4n) is 3.06. The Balaban J connectivity index is 1.57. The lowest BCUT2D eigenvalue weighted by Crippen LogP contribution is -2.22. The van der Waals surface area contributed by atoms with Crippen LogP contribution in [0, 0.1) is 6.92 Å². The van der Waals surface area contributed by atoms with E-state index in [1.165, 1.54) is 5.56 Å². The van der Waals surface area contributed by atoms with Crippen molar-refractivity contribution in [1.82, 2.24) is 10.5 Å². The van der Waals surface area contributed by atoms with E-state index in [1.54, 1.807) is 19.2 Å². The molecule has 4 aromatic rings. The lowest BCUT2D eigenvalue weighted by molar-refractivity contribution is 0.0951. The minimum atomic E-state index is -0.152. The van der Waals surface area contributed by atoms with Crippen LogP contribution in [0.4, 0.5) is 0 Å². The summed E-state index contributed by atoms with van der Waals surface area (Å²) in [5.41, 5.74) is 4.36. The average Bonchev–Trinajstić information content (AvgIpc) is 3.16. The Bertz CT molecular complexity index is 1130. The highest BCUT2D eigenvalue weighted by Gasteiger charge is 2.14. The Hall–Kier alpha value is -3.60. The van der Waals surface area contributed by atoms with Gasteiger partial charge in [0.1, 0.15) is 11.3 Å². The first-order valence-corrected chi connectivity index (χ1v) is 9.01. The second-order valence-corrected chi connectivity index (χ2v) is 6.64. The van der Waals surface area contributed by atoms with E-state index in [4.69, 9.17) is 9.26 Å². The van der Waals surface area contributed by atoms with Crippen LogP contribution in [-0.4, -0.2) is 18.2 Å². The molecule has 0 saturated carbocycles. The molecule has 5 heteroatoms. The molecule has 0 unspecified atom stereocenters. The van der Waals surface area contributed by atoms with E-state index < -0.39 is 0 Å². The van der Waals surface area contributed by atoms with Crippen LogP contribution < -0.4 is 10.1 Å². The quantitative estimate of drug-likeness (QED) is 0.549. The summed E-state index contributed by atoms with van der Waals surface area (Å²) in [5.74, 6) is 1.28. The molecule has 0 aliphatic carbocycles. The Morgan fingerprint density at radius 2 is 1.89 bits per heavy atom. The summed E-state index contributed by atoms with van der Waals surface area (Å²) < 4.78 is 10.8. The van der Waals surface area contributed by atoms with Gasteiger partial charge in [-0.05, 0) is 42.8 Å². The number of methoxy groups -OCH3 is 1. The van der Waals surface area contributed by atoms with Crippen molar-refractivity contribution in [3.63, 3.8) is 0 Å². The monoisotopic (exact) mass is 372 g/mol. The van der Waals surface area contributed by atoms with Gasteiger partial charge < -0.3 is 14.6 Å². The lowest BCUT2D eigenvalue weighted by atomic mass is 10.0. The van der Waals surface area contributed by atoms with Gasteiger partial charge in [-0.3, -0.25) is 4.79 Å². The summed E-state index contributed by atoms with van der Waals surface area (Å²) in [7, 11) is 1.62. The van der Waals surface area contributed by atoms with Crippen molar-refractivity contribution in [2.45, 2.75) is 13.5 Å². The fraction of sp³-hybridized carbons (Fsp3) is 0.130. The van der Waals surface area contributed by atoms with Gasteiger partial charge in [0.05, 0.1) is 12.5 Å². The zero-order valence-corrected chi connectivity index (χ0v) is 15.7. The van der Waals surface area contributed by atoms with Crippen LogP contribution in [0.15, 0.2) is 71.3 Å². The van der Waals surface area contributed by atoms with Crippen molar-refractivity contribution in [3.8, 4) is 17.1 Å². The molecule has 5 nitrogen and oxygen atoms in total. The van der Waals surface area contributed by atoms with Gasteiger partial charge in [0.25, 0.3) is 5.91 Å². The van der Waals surface area contributed by atoms with Crippen LogP contribution >= 0.6 is 0 Å². The maximum absolute atomic E-state index is 12.6. The normalized spacial score (nSPS) is 10.8. The number of benzene rings is 3. The van der Waals surface area contributed by atoms with Gasteiger partial charge >= 0.3 is 0 Å². The predicted molar refractivity (Wildman–Crippen MR) is 108 cm³/mol. The maximum atomic E-state index is 12.6. The van der Waals surface area contributed by atoms with Gasteiger partial charge in [-0.2, -0.15) is 0 Å². The number of amides is 1. The van der Waals surface area contributed by atoms with Crippen molar-refractivity contribution in [3.05, 3.63) is 83.4 Å². The summed E-state index contributed by atoms with van der Waals surface area (Å²) >= 11 is 0. The average molecular weight is 372 g/mol. The minimum Gasteiger partial charge on any atom is -0.497 e. The molecule has 0 aliphatic heterocycles. The van der Waals surface area contributed by atoms with E-state index in [2.05, 4.69) is 10.5 Å². The molecule has 3 aromatic carbocycles. The van der Waals surface area contributed by atoms with Crippen LogP contribution in [0.3, 0.4) is 0 Å². The van der Waals surface area contributed by atoms with Crippen molar-refractivity contribution >= 4 is 16.8 Å². The molecule has 0 radical (unpaired) electrons. The molecule has 0 atom stereocenters. The SMILES string of the molecule is COc1cccc(CNC(=O)c2ccc3noc(-c4ccc(C)cc4)c3c2)c1. The van der Waals surface area contributed by atoms with Crippen LogP contribution in [0.25, 0.3) is 22.2 Å². The van der Waals surface area contributed by atoms with Crippen molar-refractivity contribution in [2.24, 2.45) is 0 Å². The first kappa shape index (κ1) is 17.8. The standard InChI is InChI=1S/C23H20N2O3/c1-15-6-8-17(9-7-15)22-20-13-18(10-11-21(20)25-28-22)23(26)24-14-16-4-3-5-19(12-16)27-2/h3-13H,14H2,1-2H3,(H,24,26). The third-order valence-corrected chi connectivity index (χ3v) is 4.64. The zero-order chi connectivity index (χ0) is 19.5. The fourth-order valence-corrected chi connectivity index (χ4v) is 3.06. The number of carbonyl (C=O) groups is 1. The first-order chi connectivity index (χ1) is 13.6. The smallest absolute Gasteiger partial charge is 0.251 e. The molecule has 1 amide bonds. The number of aryl methyl sites for hydroxylation is 1. The van der Waals surface area contributed by atoms with Crippen LogP contribution in [0.2, 0.25) is 0 Å². The Morgan fingerprint density at radius 3 is 2.68 bits per heavy atom. The molecule has 0 fully saturated rings. The number of nitrogens with one attached hydrogen (secondary N) is 1.